The van der Waals surface area contributed by atoms with Crippen LogP contribution in [0.1, 0.15) is 0 Å². The lowest BCUT2D eigenvalue weighted by Gasteiger charge is -2.05. The third-order valence-electron chi connectivity index (χ3n) is 2.53. The maximum atomic E-state index is 4.11. The van der Waals surface area contributed by atoms with Gasteiger partial charge in [-0.2, -0.15) is 15.3 Å². The molecule has 1 N–H and O–H groups in total. The van der Waals surface area contributed by atoms with Crippen LogP contribution >= 0.6 is 0 Å². The Labute approximate surface area is 98.1 Å². The molecule has 3 aromatic rings. The first kappa shape index (κ1) is 9.77. The van der Waals surface area contributed by atoms with Crippen molar-refractivity contribution in [2.45, 2.75) is 0 Å². The molecule has 0 unspecified atom stereocenters. The summed E-state index contributed by atoms with van der Waals surface area (Å²) in [7, 11) is 1.88. The summed E-state index contributed by atoms with van der Waals surface area (Å²) in [6.45, 7) is 0. The number of fused-ring (bicyclic) bond motifs is 1. The van der Waals surface area contributed by atoms with Gasteiger partial charge in [-0.05, 0) is 6.07 Å². The molecule has 3 rings (SSSR count). The van der Waals surface area contributed by atoms with Crippen molar-refractivity contribution in [3.05, 3.63) is 42.9 Å². The van der Waals surface area contributed by atoms with Gasteiger partial charge in [-0.25, -0.2) is 0 Å². The van der Waals surface area contributed by atoms with E-state index in [-0.39, 0.29) is 0 Å². The number of aryl methyl sites for hydroxylation is 1. The normalized spacial score (nSPS) is 10.6. The van der Waals surface area contributed by atoms with Crippen LogP contribution in [0, 0.1) is 0 Å². The molecule has 0 saturated carbocycles. The summed E-state index contributed by atoms with van der Waals surface area (Å²) in [5.41, 5.74) is 2.75. The Kier molecular flexibility index (Phi) is 2.22. The van der Waals surface area contributed by atoms with Gasteiger partial charge < -0.3 is 5.32 Å². The molecule has 17 heavy (non-hydrogen) atoms. The molecule has 0 bridgehead atoms. The predicted molar refractivity (Wildman–Crippen MR) is 66.0 cm³/mol. The van der Waals surface area contributed by atoms with Crippen molar-refractivity contribution < 1.29 is 0 Å². The Hall–Kier alpha value is -2.43. The minimum atomic E-state index is 0.876. The molecule has 0 aliphatic carbocycles. The summed E-state index contributed by atoms with van der Waals surface area (Å²) in [4.78, 5) is 0. The van der Waals surface area contributed by atoms with Crippen LogP contribution < -0.4 is 5.32 Å². The van der Waals surface area contributed by atoms with Gasteiger partial charge in [0.1, 0.15) is 0 Å². The van der Waals surface area contributed by atoms with Gasteiger partial charge in [0.2, 0.25) is 0 Å². The molecule has 0 saturated heterocycles. The van der Waals surface area contributed by atoms with Gasteiger partial charge in [-0.3, -0.25) is 4.68 Å². The van der Waals surface area contributed by atoms with Gasteiger partial charge in [0.05, 0.1) is 29.3 Å². The van der Waals surface area contributed by atoms with Crippen LogP contribution in [0.4, 0.5) is 11.4 Å². The Balaban J connectivity index is 2.05. The van der Waals surface area contributed by atoms with Crippen molar-refractivity contribution in [2.24, 2.45) is 7.05 Å². The highest BCUT2D eigenvalue weighted by Gasteiger charge is 2.03. The number of hydrogen-bond acceptors (Lipinski definition) is 4. The zero-order valence-corrected chi connectivity index (χ0v) is 9.33. The topological polar surface area (TPSA) is 55.6 Å². The Bertz CT molecular complexity index is 653. The van der Waals surface area contributed by atoms with Gasteiger partial charge in [0, 0.05) is 18.6 Å². The highest BCUT2D eigenvalue weighted by Crippen LogP contribution is 2.23. The SMILES string of the molecule is Cn1cc(Nc2cnnc3ccccc23)cn1. The number of nitrogens with one attached hydrogen (secondary N) is 1. The first-order valence-electron chi connectivity index (χ1n) is 5.29. The summed E-state index contributed by atoms with van der Waals surface area (Å²) in [6.07, 6.45) is 5.40. The molecule has 0 aliphatic rings. The standard InChI is InChI=1S/C12H11N5/c1-17-8-9(6-14-17)15-12-7-13-16-11-5-3-2-4-10(11)12/h2-8H,1H3,(H,15,16). The van der Waals surface area contributed by atoms with E-state index in [0.717, 1.165) is 22.3 Å². The summed E-state index contributed by atoms with van der Waals surface area (Å²) >= 11 is 0. The minimum Gasteiger partial charge on any atom is -0.351 e. The molecule has 84 valence electrons. The smallest absolute Gasteiger partial charge is 0.0950 e. The fourth-order valence-corrected chi connectivity index (χ4v) is 1.75. The molecular formula is C12H11N5. The van der Waals surface area contributed by atoms with Crippen LogP contribution in [0.5, 0.6) is 0 Å². The van der Waals surface area contributed by atoms with Gasteiger partial charge in [0.15, 0.2) is 0 Å². The zero-order valence-electron chi connectivity index (χ0n) is 9.33. The number of benzene rings is 1. The van der Waals surface area contributed by atoms with Crippen molar-refractivity contribution in [1.29, 1.82) is 0 Å². The number of nitrogens with zero attached hydrogens (tertiary/aromatic N) is 4. The quantitative estimate of drug-likeness (QED) is 0.725. The van der Waals surface area contributed by atoms with E-state index in [1.54, 1.807) is 17.1 Å². The lowest BCUT2D eigenvalue weighted by atomic mass is 10.2. The van der Waals surface area contributed by atoms with Crippen LogP contribution in [0.25, 0.3) is 10.9 Å². The molecular weight excluding hydrogens is 214 g/mol. The third-order valence-corrected chi connectivity index (χ3v) is 2.53. The second kappa shape index (κ2) is 3.86. The Morgan fingerprint density at radius 3 is 2.88 bits per heavy atom. The van der Waals surface area contributed by atoms with E-state index in [9.17, 15) is 0 Å². The van der Waals surface area contributed by atoms with Crippen molar-refractivity contribution in [3.63, 3.8) is 0 Å². The van der Waals surface area contributed by atoms with Gasteiger partial charge >= 0.3 is 0 Å². The summed E-state index contributed by atoms with van der Waals surface area (Å²) in [5, 5.41) is 16.5. The maximum Gasteiger partial charge on any atom is 0.0950 e. The monoisotopic (exact) mass is 225 g/mol. The highest BCUT2D eigenvalue weighted by molar-refractivity contribution is 5.91. The van der Waals surface area contributed by atoms with E-state index in [2.05, 4.69) is 20.6 Å². The Morgan fingerprint density at radius 1 is 1.18 bits per heavy atom. The predicted octanol–water partition coefficient (Wildman–Crippen LogP) is 2.11. The Morgan fingerprint density at radius 2 is 2.06 bits per heavy atom. The lowest BCUT2D eigenvalue weighted by molar-refractivity contribution is 0.768. The molecule has 2 heterocycles. The average Bonchev–Trinajstić information content (AvgIpc) is 2.75. The van der Waals surface area contributed by atoms with E-state index < -0.39 is 0 Å². The molecule has 5 heteroatoms. The molecule has 0 fully saturated rings. The molecule has 2 aromatic heterocycles. The maximum absolute atomic E-state index is 4.11. The van der Waals surface area contributed by atoms with Crippen molar-refractivity contribution >= 4 is 22.3 Å². The molecule has 1 aromatic carbocycles. The molecule has 0 radical (unpaired) electrons. The van der Waals surface area contributed by atoms with Crippen LogP contribution in [-0.2, 0) is 7.05 Å². The van der Waals surface area contributed by atoms with E-state index in [1.807, 2.05) is 37.5 Å². The third kappa shape index (κ3) is 1.82. The zero-order chi connectivity index (χ0) is 11.7. The van der Waals surface area contributed by atoms with Crippen molar-refractivity contribution in [2.75, 3.05) is 5.32 Å². The molecule has 5 nitrogen and oxygen atoms in total. The average molecular weight is 225 g/mol. The number of hydrogen-bond donors (Lipinski definition) is 1. The summed E-state index contributed by atoms with van der Waals surface area (Å²) in [6, 6.07) is 7.89. The van der Waals surface area contributed by atoms with Gasteiger partial charge in [-0.1, -0.05) is 18.2 Å². The second-order valence-electron chi connectivity index (χ2n) is 3.80. The second-order valence-corrected chi connectivity index (χ2v) is 3.80. The number of rotatable bonds is 2. The van der Waals surface area contributed by atoms with E-state index >= 15 is 0 Å². The van der Waals surface area contributed by atoms with Crippen molar-refractivity contribution in [1.82, 2.24) is 20.0 Å². The van der Waals surface area contributed by atoms with Crippen LogP contribution in [0.3, 0.4) is 0 Å². The molecule has 0 aliphatic heterocycles. The van der Waals surface area contributed by atoms with Crippen LogP contribution in [0.15, 0.2) is 42.9 Å². The molecule has 0 atom stereocenters. The van der Waals surface area contributed by atoms with E-state index in [0.29, 0.717) is 0 Å². The van der Waals surface area contributed by atoms with Crippen molar-refractivity contribution in [3.8, 4) is 0 Å². The number of aromatic nitrogens is 4. The largest absolute Gasteiger partial charge is 0.351 e. The summed E-state index contributed by atoms with van der Waals surface area (Å²) < 4.78 is 1.75. The first-order chi connectivity index (χ1) is 8.33. The van der Waals surface area contributed by atoms with E-state index in [4.69, 9.17) is 0 Å². The van der Waals surface area contributed by atoms with Gasteiger partial charge in [-0.15, -0.1) is 0 Å². The fraction of sp³-hybridized carbons (Fsp3) is 0.0833. The first-order valence-corrected chi connectivity index (χ1v) is 5.29. The van der Waals surface area contributed by atoms with Gasteiger partial charge in [0.25, 0.3) is 0 Å². The number of anilines is 2. The van der Waals surface area contributed by atoms with E-state index in [1.165, 1.54) is 0 Å². The molecule has 0 spiro atoms. The molecule has 0 amide bonds. The fourth-order valence-electron chi connectivity index (χ4n) is 1.75. The lowest BCUT2D eigenvalue weighted by Crippen LogP contribution is -1.93. The summed E-state index contributed by atoms with van der Waals surface area (Å²) in [5.74, 6) is 0. The minimum absolute atomic E-state index is 0.876. The highest BCUT2D eigenvalue weighted by atomic mass is 15.3. The van der Waals surface area contributed by atoms with Crippen LogP contribution in [0.2, 0.25) is 0 Å². The van der Waals surface area contributed by atoms with Crippen LogP contribution in [-0.4, -0.2) is 20.0 Å².